The van der Waals surface area contributed by atoms with E-state index < -0.39 is 10.9 Å². The minimum atomic E-state index is -1.21. The molecule has 8 heteroatoms. The predicted molar refractivity (Wildman–Crippen MR) is 69.4 cm³/mol. The summed E-state index contributed by atoms with van der Waals surface area (Å²) in [5, 5.41) is 30.1. The molecule has 20 heavy (non-hydrogen) atoms. The van der Waals surface area contributed by atoms with Crippen LogP contribution in [0.3, 0.4) is 0 Å². The van der Waals surface area contributed by atoms with E-state index in [0.717, 1.165) is 6.07 Å². The van der Waals surface area contributed by atoms with Crippen LogP contribution in [0.4, 0.5) is 11.4 Å². The van der Waals surface area contributed by atoms with Gasteiger partial charge >= 0.3 is 5.97 Å². The maximum absolute atomic E-state index is 11.0. The van der Waals surface area contributed by atoms with Crippen LogP contribution in [0.1, 0.15) is 16.1 Å². The molecule has 1 aromatic carbocycles. The number of aromatic nitrogens is 2. The molecule has 0 saturated heterocycles. The van der Waals surface area contributed by atoms with Gasteiger partial charge in [0.2, 0.25) is 0 Å². The zero-order valence-corrected chi connectivity index (χ0v) is 10.2. The van der Waals surface area contributed by atoms with Crippen LogP contribution >= 0.6 is 0 Å². The highest BCUT2D eigenvalue weighted by Gasteiger charge is 2.17. The summed E-state index contributed by atoms with van der Waals surface area (Å²) in [5.41, 5.74) is 0.408. The summed E-state index contributed by atoms with van der Waals surface area (Å²) in [7, 11) is 0. The van der Waals surface area contributed by atoms with E-state index in [9.17, 15) is 14.9 Å². The van der Waals surface area contributed by atoms with Crippen LogP contribution in [0.15, 0.2) is 36.5 Å². The maximum atomic E-state index is 11.0. The third-order valence-corrected chi connectivity index (χ3v) is 2.53. The molecule has 102 valence electrons. The molecule has 0 aliphatic carbocycles. The minimum Gasteiger partial charge on any atom is -0.478 e. The first-order valence-corrected chi connectivity index (χ1v) is 5.60. The largest absolute Gasteiger partial charge is 0.478 e. The highest BCUT2D eigenvalue weighted by atomic mass is 16.6. The van der Waals surface area contributed by atoms with E-state index in [-0.39, 0.29) is 23.5 Å². The number of nitrogens with zero attached hydrogens (tertiary/aromatic N) is 3. The van der Waals surface area contributed by atoms with Crippen LogP contribution in [-0.2, 0) is 6.54 Å². The summed E-state index contributed by atoms with van der Waals surface area (Å²) in [4.78, 5) is 21.1. The first-order valence-electron chi connectivity index (χ1n) is 5.60. The molecule has 0 aliphatic heterocycles. The summed E-state index contributed by atoms with van der Waals surface area (Å²) >= 11 is 0. The fraction of sp³-hybridized carbons (Fsp3) is 0.0833. The Morgan fingerprint density at radius 3 is 2.80 bits per heavy atom. The molecule has 0 spiro atoms. The Labute approximate surface area is 113 Å². The SMILES string of the molecule is O=C(O)c1ccc(NCc2cccnn2)c([N+](=O)[O-])c1. The Kier molecular flexibility index (Phi) is 3.85. The van der Waals surface area contributed by atoms with Gasteiger partial charge in [0.25, 0.3) is 5.69 Å². The fourth-order valence-electron chi connectivity index (χ4n) is 1.58. The second kappa shape index (κ2) is 5.74. The van der Waals surface area contributed by atoms with Gasteiger partial charge in [0, 0.05) is 12.3 Å². The van der Waals surface area contributed by atoms with E-state index in [4.69, 9.17) is 5.11 Å². The number of hydrogen-bond donors (Lipinski definition) is 2. The monoisotopic (exact) mass is 274 g/mol. The molecule has 0 atom stereocenters. The van der Waals surface area contributed by atoms with Gasteiger partial charge in [-0.3, -0.25) is 10.1 Å². The number of anilines is 1. The zero-order chi connectivity index (χ0) is 14.5. The molecule has 0 saturated carbocycles. The van der Waals surface area contributed by atoms with E-state index in [1.165, 1.54) is 18.3 Å². The van der Waals surface area contributed by atoms with Crippen LogP contribution in [0.5, 0.6) is 0 Å². The van der Waals surface area contributed by atoms with Gasteiger partial charge in [0.15, 0.2) is 0 Å². The average Bonchev–Trinajstić information content (AvgIpc) is 2.45. The van der Waals surface area contributed by atoms with Crippen molar-refractivity contribution in [1.82, 2.24) is 10.2 Å². The Balaban J connectivity index is 2.23. The molecule has 1 heterocycles. The number of nitro benzene ring substituents is 1. The number of carboxylic acids is 1. The van der Waals surface area contributed by atoms with Crippen LogP contribution in [0, 0.1) is 10.1 Å². The molecule has 1 aromatic heterocycles. The van der Waals surface area contributed by atoms with Crippen molar-refractivity contribution in [2.75, 3.05) is 5.32 Å². The third kappa shape index (κ3) is 3.05. The molecule has 2 N–H and O–H groups in total. The van der Waals surface area contributed by atoms with E-state index in [0.29, 0.717) is 5.69 Å². The topological polar surface area (TPSA) is 118 Å². The quantitative estimate of drug-likeness (QED) is 0.629. The summed E-state index contributed by atoms with van der Waals surface area (Å²) in [6.07, 6.45) is 1.52. The van der Waals surface area contributed by atoms with Gasteiger partial charge in [-0.1, -0.05) is 0 Å². The number of rotatable bonds is 5. The molecule has 0 aliphatic rings. The molecule has 0 amide bonds. The second-order valence-electron chi connectivity index (χ2n) is 3.86. The maximum Gasteiger partial charge on any atom is 0.335 e. The lowest BCUT2D eigenvalue weighted by molar-refractivity contribution is -0.384. The summed E-state index contributed by atoms with van der Waals surface area (Å²) in [5.74, 6) is -1.21. The Morgan fingerprint density at radius 2 is 2.20 bits per heavy atom. The lowest BCUT2D eigenvalue weighted by atomic mass is 10.1. The third-order valence-electron chi connectivity index (χ3n) is 2.53. The van der Waals surface area contributed by atoms with Gasteiger partial charge in [-0.05, 0) is 24.3 Å². The van der Waals surface area contributed by atoms with Gasteiger partial charge in [-0.25, -0.2) is 4.79 Å². The summed E-state index contributed by atoms with van der Waals surface area (Å²) < 4.78 is 0. The van der Waals surface area contributed by atoms with Crippen molar-refractivity contribution in [2.24, 2.45) is 0 Å². The van der Waals surface area contributed by atoms with Crippen LogP contribution < -0.4 is 5.32 Å². The van der Waals surface area contributed by atoms with Crippen molar-refractivity contribution < 1.29 is 14.8 Å². The van der Waals surface area contributed by atoms with E-state index in [1.54, 1.807) is 12.1 Å². The van der Waals surface area contributed by atoms with E-state index in [1.807, 2.05) is 0 Å². The lowest BCUT2D eigenvalue weighted by Crippen LogP contribution is -2.06. The number of hydrogen-bond acceptors (Lipinski definition) is 6. The highest BCUT2D eigenvalue weighted by molar-refractivity contribution is 5.89. The normalized spacial score (nSPS) is 10.0. The Bertz CT molecular complexity index is 645. The van der Waals surface area contributed by atoms with Crippen molar-refractivity contribution >= 4 is 17.3 Å². The van der Waals surface area contributed by atoms with Crippen LogP contribution in [0.2, 0.25) is 0 Å². The van der Waals surface area contributed by atoms with Crippen LogP contribution in [-0.4, -0.2) is 26.2 Å². The van der Waals surface area contributed by atoms with Gasteiger partial charge in [0.1, 0.15) is 5.69 Å². The zero-order valence-electron chi connectivity index (χ0n) is 10.2. The Morgan fingerprint density at radius 1 is 1.40 bits per heavy atom. The number of carboxylic acid groups (broad SMARTS) is 1. The number of benzene rings is 1. The summed E-state index contributed by atoms with van der Waals surface area (Å²) in [6.45, 7) is 0.251. The molecule has 2 rings (SSSR count). The predicted octanol–water partition coefficient (Wildman–Crippen LogP) is 1.70. The first-order chi connectivity index (χ1) is 9.58. The van der Waals surface area contributed by atoms with Gasteiger partial charge < -0.3 is 10.4 Å². The molecule has 2 aromatic rings. The van der Waals surface area contributed by atoms with Crippen molar-refractivity contribution in [1.29, 1.82) is 0 Å². The standard InChI is InChI=1S/C12H10N4O4/c17-12(18)8-3-4-10(11(6-8)16(19)20)13-7-9-2-1-5-14-15-9/h1-6,13H,7H2,(H,17,18). The van der Waals surface area contributed by atoms with Crippen molar-refractivity contribution in [3.8, 4) is 0 Å². The molecule has 0 unspecified atom stereocenters. The number of nitro groups is 1. The molecule has 0 bridgehead atoms. The minimum absolute atomic E-state index is 0.137. The smallest absolute Gasteiger partial charge is 0.335 e. The molecular weight excluding hydrogens is 264 g/mol. The number of aromatic carboxylic acids is 1. The molecule has 8 nitrogen and oxygen atoms in total. The van der Waals surface area contributed by atoms with Crippen LogP contribution in [0.25, 0.3) is 0 Å². The van der Waals surface area contributed by atoms with Gasteiger partial charge in [-0.2, -0.15) is 10.2 Å². The average molecular weight is 274 g/mol. The number of nitrogens with one attached hydrogen (secondary N) is 1. The van der Waals surface area contributed by atoms with Crippen molar-refractivity contribution in [3.63, 3.8) is 0 Å². The molecule has 0 fully saturated rings. The molecule has 0 radical (unpaired) electrons. The number of carbonyl (C=O) groups is 1. The van der Waals surface area contributed by atoms with Crippen molar-refractivity contribution in [2.45, 2.75) is 6.54 Å². The Hall–Kier alpha value is -3.03. The van der Waals surface area contributed by atoms with Gasteiger partial charge in [-0.15, -0.1) is 0 Å². The fourth-order valence-corrected chi connectivity index (χ4v) is 1.58. The summed E-state index contributed by atoms with van der Waals surface area (Å²) in [6, 6.07) is 7.09. The van der Waals surface area contributed by atoms with E-state index in [2.05, 4.69) is 15.5 Å². The van der Waals surface area contributed by atoms with E-state index >= 15 is 0 Å². The van der Waals surface area contributed by atoms with Crippen molar-refractivity contribution in [3.05, 3.63) is 57.9 Å². The molecular formula is C12H10N4O4. The highest BCUT2D eigenvalue weighted by Crippen LogP contribution is 2.25. The second-order valence-corrected chi connectivity index (χ2v) is 3.86. The van der Waals surface area contributed by atoms with Gasteiger partial charge in [0.05, 0.1) is 22.7 Å². The lowest BCUT2D eigenvalue weighted by Gasteiger charge is -2.06. The first kappa shape index (κ1) is 13.4.